The van der Waals surface area contributed by atoms with Crippen LogP contribution in [0.25, 0.3) is 0 Å². The molecule has 2 unspecified atom stereocenters. The molecule has 4 N–H and O–H groups in total. The fourth-order valence-corrected chi connectivity index (χ4v) is 3.29. The van der Waals surface area contributed by atoms with Crippen LogP contribution in [0.2, 0.25) is 0 Å². The van der Waals surface area contributed by atoms with E-state index in [2.05, 4.69) is 15.3 Å². The smallest absolute Gasteiger partial charge is 0.337 e. The van der Waals surface area contributed by atoms with Crippen molar-refractivity contribution in [1.82, 2.24) is 10.3 Å². The molecule has 0 spiro atoms. The van der Waals surface area contributed by atoms with Gasteiger partial charge in [-0.2, -0.15) is 0 Å². The number of aliphatic imine (C=N–C) groups is 1. The Morgan fingerprint density at radius 1 is 1.67 bits per heavy atom. The first-order valence-electron chi connectivity index (χ1n) is 8.02. The first-order chi connectivity index (χ1) is 11.5. The highest BCUT2D eigenvalue weighted by Gasteiger charge is 2.33. The molecule has 1 aromatic heterocycles. The topological polar surface area (TPSA) is 110 Å². The van der Waals surface area contributed by atoms with Crippen molar-refractivity contribution in [3.05, 3.63) is 23.1 Å². The number of carbonyl (C=O) groups is 1. The van der Waals surface area contributed by atoms with E-state index in [0.29, 0.717) is 11.7 Å². The number of nitrogens with one attached hydrogen (secondary N) is 1. The summed E-state index contributed by atoms with van der Waals surface area (Å²) < 4.78 is 5.94. The molecule has 24 heavy (non-hydrogen) atoms. The number of nitrogens with zero attached hydrogens (tertiary/aromatic N) is 2. The highest BCUT2D eigenvalue weighted by molar-refractivity contribution is 7.13. The highest BCUT2D eigenvalue weighted by Crippen LogP contribution is 2.21. The first-order valence-corrected chi connectivity index (χ1v) is 8.90. The molecule has 1 aliphatic heterocycles. The van der Waals surface area contributed by atoms with Crippen LogP contribution in [0.3, 0.4) is 0 Å². The Morgan fingerprint density at radius 3 is 3.04 bits per heavy atom. The standard InChI is InChI=1S/C15H23BN4O3S/c1-3-19-11(12-9-24-15(17)20-12)6-7-16-13(18-2)5-4-10(23-16)8-14(21)22/h6-7,9-10,13,18H,3-5,8H2,1-2H3,(H2,17,20)(H,21,22)/b7-6+,19-11?. The van der Waals surface area contributed by atoms with E-state index in [0.717, 1.165) is 24.2 Å². The second-order valence-electron chi connectivity index (χ2n) is 5.58. The molecule has 9 heteroatoms. The minimum atomic E-state index is -0.836. The zero-order valence-electron chi connectivity index (χ0n) is 13.9. The van der Waals surface area contributed by atoms with Gasteiger partial charge >= 0.3 is 12.9 Å². The summed E-state index contributed by atoms with van der Waals surface area (Å²) in [5.74, 6) is 1.24. The number of anilines is 1. The van der Waals surface area contributed by atoms with Gasteiger partial charge in [-0.3, -0.25) is 9.79 Å². The van der Waals surface area contributed by atoms with E-state index in [1.807, 2.05) is 31.4 Å². The minimum absolute atomic E-state index is 0.0271. The maximum absolute atomic E-state index is 10.9. The molecular weight excluding hydrogens is 327 g/mol. The summed E-state index contributed by atoms with van der Waals surface area (Å²) in [6.45, 7) is 2.39. The molecule has 0 bridgehead atoms. The number of aliphatic carboxylic acids is 1. The molecule has 1 saturated heterocycles. The van der Waals surface area contributed by atoms with Gasteiger partial charge in [-0.15, -0.1) is 11.3 Å². The van der Waals surface area contributed by atoms with E-state index in [9.17, 15) is 4.79 Å². The molecule has 2 atom stereocenters. The van der Waals surface area contributed by atoms with Crippen molar-refractivity contribution >= 4 is 35.1 Å². The molecule has 7 nitrogen and oxygen atoms in total. The van der Waals surface area contributed by atoms with E-state index < -0.39 is 5.97 Å². The van der Waals surface area contributed by atoms with Gasteiger partial charge in [0.2, 0.25) is 0 Å². The predicted octanol–water partition coefficient (Wildman–Crippen LogP) is 1.40. The fourth-order valence-electron chi connectivity index (χ4n) is 2.73. The number of hydrogen-bond donors (Lipinski definition) is 3. The molecule has 2 rings (SSSR count). The first kappa shape index (κ1) is 18.6. The van der Waals surface area contributed by atoms with Crippen molar-refractivity contribution in [1.29, 1.82) is 0 Å². The van der Waals surface area contributed by atoms with E-state index in [1.54, 1.807) is 0 Å². The van der Waals surface area contributed by atoms with E-state index in [-0.39, 0.29) is 25.4 Å². The van der Waals surface area contributed by atoms with Crippen molar-refractivity contribution in [2.75, 3.05) is 19.3 Å². The van der Waals surface area contributed by atoms with Gasteiger partial charge in [-0.05, 0) is 32.9 Å². The van der Waals surface area contributed by atoms with Gasteiger partial charge in [0, 0.05) is 17.9 Å². The number of nitrogen functional groups attached to an aromatic ring is 1. The zero-order valence-corrected chi connectivity index (χ0v) is 14.8. The molecule has 0 saturated carbocycles. The lowest BCUT2D eigenvalue weighted by molar-refractivity contribution is -0.139. The fraction of sp³-hybridized carbons (Fsp3) is 0.533. The third kappa shape index (κ3) is 5.15. The number of allylic oxidation sites excluding steroid dienone is 1. The number of thiazole rings is 1. The average Bonchev–Trinajstić information content (AvgIpc) is 2.97. The predicted molar refractivity (Wildman–Crippen MR) is 97.7 cm³/mol. The van der Waals surface area contributed by atoms with E-state index in [1.165, 1.54) is 11.3 Å². The Kier molecular flexibility index (Phi) is 6.95. The summed E-state index contributed by atoms with van der Waals surface area (Å²) in [7, 11) is 1.88. The Labute approximate surface area is 146 Å². The van der Waals surface area contributed by atoms with Gasteiger partial charge in [0.25, 0.3) is 0 Å². The summed E-state index contributed by atoms with van der Waals surface area (Å²) in [5, 5.41) is 14.6. The van der Waals surface area contributed by atoms with Gasteiger partial charge in [-0.1, -0.05) is 5.98 Å². The van der Waals surface area contributed by atoms with Gasteiger partial charge in [0.15, 0.2) is 5.13 Å². The molecule has 0 aliphatic carbocycles. The van der Waals surface area contributed by atoms with Crippen molar-refractivity contribution in [2.45, 2.75) is 38.2 Å². The summed E-state index contributed by atoms with van der Waals surface area (Å²) in [6.07, 6.45) is 3.26. The molecule has 130 valence electrons. The number of hydrogen-bond acceptors (Lipinski definition) is 7. The van der Waals surface area contributed by atoms with Crippen LogP contribution in [0, 0.1) is 0 Å². The molecule has 0 radical (unpaired) electrons. The van der Waals surface area contributed by atoms with Gasteiger partial charge in [-0.25, -0.2) is 4.98 Å². The van der Waals surface area contributed by atoms with Crippen LogP contribution >= 0.6 is 11.3 Å². The lowest BCUT2D eigenvalue weighted by Crippen LogP contribution is -2.49. The highest BCUT2D eigenvalue weighted by atomic mass is 32.1. The largest absolute Gasteiger partial charge is 0.481 e. The minimum Gasteiger partial charge on any atom is -0.481 e. The summed E-state index contributed by atoms with van der Waals surface area (Å²) in [6, 6.07) is 0. The maximum Gasteiger partial charge on any atom is 0.337 e. The SMILES string of the molecule is CCN=C(/C=C/B1OC(CC(=O)O)CCC1NC)c1csc(N)n1. The van der Waals surface area contributed by atoms with Gasteiger partial charge in [0.05, 0.1) is 18.2 Å². The van der Waals surface area contributed by atoms with Crippen LogP contribution < -0.4 is 11.1 Å². The quantitative estimate of drug-likeness (QED) is 0.507. The molecular formula is C15H23BN4O3S. The second kappa shape index (κ2) is 8.96. The van der Waals surface area contributed by atoms with Crippen LogP contribution in [-0.2, 0) is 9.45 Å². The van der Waals surface area contributed by atoms with Crippen LogP contribution in [0.15, 0.2) is 22.4 Å². The van der Waals surface area contributed by atoms with Gasteiger partial charge < -0.3 is 20.8 Å². The van der Waals surface area contributed by atoms with Crippen LogP contribution in [0.1, 0.15) is 31.9 Å². The summed E-state index contributed by atoms with van der Waals surface area (Å²) in [4.78, 5) is 19.6. The van der Waals surface area contributed by atoms with Crippen molar-refractivity contribution in [3.63, 3.8) is 0 Å². The number of carboxylic acid groups (broad SMARTS) is 1. The Bertz CT molecular complexity index is 620. The lowest BCUT2D eigenvalue weighted by Gasteiger charge is -2.32. The van der Waals surface area contributed by atoms with E-state index in [4.69, 9.17) is 15.5 Å². The molecule has 0 amide bonds. The number of rotatable bonds is 7. The van der Waals surface area contributed by atoms with Crippen LogP contribution in [-0.4, -0.2) is 54.3 Å². The number of carboxylic acids is 1. The lowest BCUT2D eigenvalue weighted by atomic mass is 9.56. The zero-order chi connectivity index (χ0) is 17.5. The summed E-state index contributed by atoms with van der Waals surface area (Å²) >= 11 is 1.38. The Hall–Kier alpha value is -1.71. The van der Waals surface area contributed by atoms with Gasteiger partial charge in [0.1, 0.15) is 5.69 Å². The molecule has 2 heterocycles. The third-order valence-electron chi connectivity index (χ3n) is 3.88. The normalized spacial score (nSPS) is 22.2. The molecule has 1 aliphatic rings. The van der Waals surface area contributed by atoms with Crippen LogP contribution in [0.4, 0.5) is 5.13 Å². The van der Waals surface area contributed by atoms with Crippen LogP contribution in [0.5, 0.6) is 0 Å². The molecule has 0 aromatic carbocycles. The Balaban J connectivity index is 2.12. The monoisotopic (exact) mass is 350 g/mol. The van der Waals surface area contributed by atoms with Crippen molar-refractivity contribution < 1.29 is 14.6 Å². The number of aromatic nitrogens is 1. The average molecular weight is 350 g/mol. The maximum atomic E-state index is 10.9. The van der Waals surface area contributed by atoms with Crippen molar-refractivity contribution in [3.8, 4) is 0 Å². The Morgan fingerprint density at radius 2 is 2.46 bits per heavy atom. The van der Waals surface area contributed by atoms with E-state index >= 15 is 0 Å². The van der Waals surface area contributed by atoms with Crippen molar-refractivity contribution in [2.24, 2.45) is 4.99 Å². The summed E-state index contributed by atoms with van der Waals surface area (Å²) in [5.41, 5.74) is 7.20. The second-order valence-corrected chi connectivity index (χ2v) is 6.47. The molecule has 1 fully saturated rings. The molecule has 1 aromatic rings. The third-order valence-corrected chi connectivity index (χ3v) is 4.55. The number of nitrogens with two attached hydrogens (primary N) is 1.